The zero-order valence-electron chi connectivity index (χ0n) is 11.7. The molecule has 0 aliphatic rings. The first-order valence-electron chi connectivity index (χ1n) is 6.50. The van der Waals surface area contributed by atoms with Crippen LogP contribution in [-0.2, 0) is 6.42 Å². The summed E-state index contributed by atoms with van der Waals surface area (Å²) in [6.07, 6.45) is 2.25. The number of carbonyl (C=O) groups is 1. The molecule has 0 bridgehead atoms. The number of imidazole rings is 1. The quantitative estimate of drug-likeness (QED) is 0.656. The number of ketones is 1. The number of rotatable bonds is 5. The fourth-order valence-electron chi connectivity index (χ4n) is 1.89. The number of carbonyl (C=O) groups excluding carboxylic acids is 1. The molecule has 0 unspecified atom stereocenters. The molecule has 106 valence electrons. The van der Waals surface area contributed by atoms with Gasteiger partial charge in [0.1, 0.15) is 5.69 Å². The first-order valence-corrected chi connectivity index (χ1v) is 6.91. The lowest BCUT2D eigenvalue weighted by Crippen LogP contribution is -2.13. The number of ether oxygens (including phenoxy) is 1. The number of aryl methyl sites for hydroxylation is 1. The smallest absolute Gasteiger partial charge is 0.225 e. The molecule has 0 amide bonds. The molecule has 0 fully saturated rings. The second kappa shape index (κ2) is 6.00. The Hall–Kier alpha value is -1.95. The molecule has 2 aromatic rings. The van der Waals surface area contributed by atoms with E-state index in [2.05, 4.69) is 15.0 Å². The van der Waals surface area contributed by atoms with Crippen LogP contribution in [0.1, 0.15) is 42.5 Å². The number of nitrogens with one attached hydrogen (secondary N) is 2. The van der Waals surface area contributed by atoms with Crippen molar-refractivity contribution in [2.24, 2.45) is 0 Å². The van der Waals surface area contributed by atoms with Gasteiger partial charge in [-0.1, -0.05) is 6.92 Å². The van der Waals surface area contributed by atoms with E-state index in [-0.39, 0.29) is 11.9 Å². The maximum atomic E-state index is 12.6. The van der Waals surface area contributed by atoms with Gasteiger partial charge in [-0.3, -0.25) is 4.79 Å². The molecule has 2 N–H and O–H groups in total. The summed E-state index contributed by atoms with van der Waals surface area (Å²) in [7, 11) is 0. The predicted octanol–water partition coefficient (Wildman–Crippen LogP) is 3.05. The predicted molar refractivity (Wildman–Crippen MR) is 78.8 cm³/mol. The van der Waals surface area contributed by atoms with Crippen LogP contribution in [0.3, 0.4) is 0 Å². The van der Waals surface area contributed by atoms with Crippen molar-refractivity contribution >= 4 is 18.0 Å². The number of hydrogen-bond acceptors (Lipinski definition) is 4. The molecule has 0 aliphatic carbocycles. The Morgan fingerprint density at radius 2 is 2.20 bits per heavy atom. The average Bonchev–Trinajstić information content (AvgIpc) is 2.79. The minimum Gasteiger partial charge on any atom is -0.474 e. The molecule has 2 heterocycles. The van der Waals surface area contributed by atoms with Crippen molar-refractivity contribution in [3.63, 3.8) is 0 Å². The molecule has 5 nitrogen and oxygen atoms in total. The van der Waals surface area contributed by atoms with Crippen molar-refractivity contribution in [1.29, 1.82) is 0 Å². The van der Waals surface area contributed by atoms with Gasteiger partial charge in [0.25, 0.3) is 0 Å². The number of H-pyrrole nitrogens is 2. The van der Waals surface area contributed by atoms with Crippen LogP contribution < -0.4 is 4.74 Å². The maximum Gasteiger partial charge on any atom is 0.225 e. The fourth-order valence-corrected chi connectivity index (χ4v) is 2.12. The van der Waals surface area contributed by atoms with Crippen LogP contribution >= 0.6 is 12.2 Å². The Morgan fingerprint density at radius 1 is 1.45 bits per heavy atom. The van der Waals surface area contributed by atoms with Gasteiger partial charge in [0.05, 0.1) is 11.7 Å². The van der Waals surface area contributed by atoms with Gasteiger partial charge < -0.3 is 14.7 Å². The third-order valence-corrected chi connectivity index (χ3v) is 2.95. The summed E-state index contributed by atoms with van der Waals surface area (Å²) in [6.45, 7) is 5.74. The summed E-state index contributed by atoms with van der Waals surface area (Å²) < 4.78 is 6.03. The van der Waals surface area contributed by atoms with Crippen molar-refractivity contribution in [1.82, 2.24) is 15.0 Å². The number of nitrogens with zero attached hydrogens (tertiary/aromatic N) is 1. The van der Waals surface area contributed by atoms with Gasteiger partial charge in [0.15, 0.2) is 4.77 Å². The largest absolute Gasteiger partial charge is 0.474 e. The van der Waals surface area contributed by atoms with Gasteiger partial charge in [-0.2, -0.15) is 0 Å². The minimum atomic E-state index is -0.169. The summed E-state index contributed by atoms with van der Waals surface area (Å²) in [6, 6.07) is 3.42. The minimum absolute atomic E-state index is 0.0492. The van der Waals surface area contributed by atoms with Crippen LogP contribution in [0.25, 0.3) is 0 Å². The Morgan fingerprint density at radius 3 is 2.85 bits per heavy atom. The molecule has 0 aromatic carbocycles. The van der Waals surface area contributed by atoms with Gasteiger partial charge in [0.2, 0.25) is 11.7 Å². The summed E-state index contributed by atoms with van der Waals surface area (Å²) >= 11 is 5.05. The molecular weight excluding hydrogens is 274 g/mol. The van der Waals surface area contributed by atoms with Crippen molar-refractivity contribution < 1.29 is 9.53 Å². The first-order chi connectivity index (χ1) is 9.52. The lowest BCUT2D eigenvalue weighted by Gasteiger charge is -2.11. The molecule has 0 saturated heterocycles. The van der Waals surface area contributed by atoms with Crippen molar-refractivity contribution in [3.05, 3.63) is 40.1 Å². The van der Waals surface area contributed by atoms with E-state index < -0.39 is 0 Å². The highest BCUT2D eigenvalue weighted by molar-refractivity contribution is 7.71. The summed E-state index contributed by atoms with van der Waals surface area (Å²) in [4.78, 5) is 22.6. The zero-order valence-corrected chi connectivity index (χ0v) is 12.5. The third-order valence-electron chi connectivity index (χ3n) is 2.75. The van der Waals surface area contributed by atoms with Crippen LogP contribution in [0.15, 0.2) is 18.3 Å². The van der Waals surface area contributed by atoms with Crippen LogP contribution in [0.2, 0.25) is 0 Å². The van der Waals surface area contributed by atoms with E-state index in [0.29, 0.717) is 28.3 Å². The highest BCUT2D eigenvalue weighted by atomic mass is 32.1. The van der Waals surface area contributed by atoms with Crippen molar-refractivity contribution in [2.75, 3.05) is 0 Å². The molecule has 0 spiro atoms. The Bertz CT molecular complexity index is 673. The highest BCUT2D eigenvalue weighted by Gasteiger charge is 2.20. The van der Waals surface area contributed by atoms with E-state index in [4.69, 9.17) is 17.0 Å². The van der Waals surface area contributed by atoms with Gasteiger partial charge in [-0.25, -0.2) is 4.98 Å². The monoisotopic (exact) mass is 291 g/mol. The summed E-state index contributed by atoms with van der Waals surface area (Å²) in [5.41, 5.74) is 1.69. The second-order valence-corrected chi connectivity index (χ2v) is 5.05. The van der Waals surface area contributed by atoms with Gasteiger partial charge >= 0.3 is 0 Å². The van der Waals surface area contributed by atoms with Crippen molar-refractivity contribution in [3.8, 4) is 5.88 Å². The standard InChI is InChI=1S/C14H17N3O2S/c1-4-10-11(17-14(20)16-10)12(18)9-6-5-7-15-13(9)19-8(2)3/h5-8H,4H2,1-3H3,(H2,16,17,20). The average molecular weight is 291 g/mol. The molecule has 20 heavy (non-hydrogen) atoms. The van der Waals surface area contributed by atoms with E-state index >= 15 is 0 Å². The molecule has 6 heteroatoms. The van der Waals surface area contributed by atoms with Crippen molar-refractivity contribution in [2.45, 2.75) is 33.3 Å². The molecule has 2 aromatic heterocycles. The molecular formula is C14H17N3O2S. The van der Waals surface area contributed by atoms with Gasteiger partial charge in [-0.15, -0.1) is 0 Å². The zero-order chi connectivity index (χ0) is 14.7. The topological polar surface area (TPSA) is 70.8 Å². The Balaban J connectivity index is 2.45. The summed E-state index contributed by atoms with van der Waals surface area (Å²) in [5.74, 6) is 0.174. The summed E-state index contributed by atoms with van der Waals surface area (Å²) in [5, 5.41) is 0. The molecule has 0 saturated carbocycles. The SMILES string of the molecule is CCc1[nH]c(=S)[nH]c1C(=O)c1cccnc1OC(C)C. The molecule has 0 radical (unpaired) electrons. The number of pyridine rings is 1. The molecule has 0 atom stereocenters. The van der Waals surface area contributed by atoms with E-state index in [1.54, 1.807) is 18.3 Å². The van der Waals surface area contributed by atoms with Crippen LogP contribution in [0, 0.1) is 4.77 Å². The van der Waals surface area contributed by atoms with Crippen LogP contribution in [-0.4, -0.2) is 26.8 Å². The molecule has 2 rings (SSSR count). The first kappa shape index (κ1) is 14.5. The maximum absolute atomic E-state index is 12.6. The van der Waals surface area contributed by atoms with Crippen LogP contribution in [0.5, 0.6) is 5.88 Å². The number of aromatic amines is 2. The lowest BCUT2D eigenvalue weighted by molar-refractivity contribution is 0.102. The number of hydrogen-bond donors (Lipinski definition) is 2. The molecule has 0 aliphatic heterocycles. The lowest BCUT2D eigenvalue weighted by atomic mass is 10.1. The van der Waals surface area contributed by atoms with Gasteiger partial charge in [0, 0.05) is 11.9 Å². The Kier molecular flexibility index (Phi) is 4.34. The third kappa shape index (κ3) is 2.96. The van der Waals surface area contributed by atoms with Crippen LogP contribution in [0.4, 0.5) is 0 Å². The second-order valence-electron chi connectivity index (χ2n) is 4.64. The van der Waals surface area contributed by atoms with E-state index in [1.165, 1.54) is 0 Å². The fraction of sp³-hybridized carbons (Fsp3) is 0.357. The Labute approximate surface area is 122 Å². The number of aromatic nitrogens is 3. The highest BCUT2D eigenvalue weighted by Crippen LogP contribution is 2.20. The normalized spacial score (nSPS) is 10.8. The van der Waals surface area contributed by atoms with E-state index in [1.807, 2.05) is 20.8 Å². The van der Waals surface area contributed by atoms with E-state index in [9.17, 15) is 4.79 Å². The van der Waals surface area contributed by atoms with E-state index in [0.717, 1.165) is 5.69 Å². The van der Waals surface area contributed by atoms with Gasteiger partial charge in [-0.05, 0) is 44.6 Å².